The Balaban J connectivity index is 1.34. The topological polar surface area (TPSA) is 137 Å². The molecular formula is C37H37N6O7P. The van der Waals surface area contributed by atoms with Crippen LogP contribution in [-0.4, -0.2) is 61.2 Å². The number of hydrogen-bond donors (Lipinski definition) is 1. The van der Waals surface area contributed by atoms with Crippen LogP contribution in [0.5, 0.6) is 11.5 Å². The number of nitrogens with one attached hydrogen (secondary N) is 1. The normalized spacial score (nSPS) is 17.5. The van der Waals surface area contributed by atoms with Crippen LogP contribution in [0.3, 0.4) is 0 Å². The molecule has 13 nitrogen and oxygen atoms in total. The minimum absolute atomic E-state index is 0.0937. The summed E-state index contributed by atoms with van der Waals surface area (Å²) in [7, 11) is 1.81. The lowest BCUT2D eigenvalue weighted by Gasteiger charge is -2.39. The number of aryl methyl sites for hydroxylation is 1. The van der Waals surface area contributed by atoms with Crippen LogP contribution in [0.2, 0.25) is 0 Å². The van der Waals surface area contributed by atoms with E-state index in [0.717, 1.165) is 16.7 Å². The largest absolute Gasteiger partial charge is 0.497 e. The molecule has 1 fully saturated rings. The summed E-state index contributed by atoms with van der Waals surface area (Å²) in [5.74, 6) is 1.40. The fraction of sp³-hybridized carbons (Fsp3) is 0.243. The van der Waals surface area contributed by atoms with E-state index in [0.29, 0.717) is 17.1 Å². The molecule has 262 valence electrons. The summed E-state index contributed by atoms with van der Waals surface area (Å²) in [6.45, 7) is 1.74. The van der Waals surface area contributed by atoms with Crippen LogP contribution in [0.25, 0.3) is 0 Å². The maximum atomic E-state index is 13.2. The Hall–Kier alpha value is -5.33. The van der Waals surface area contributed by atoms with Crippen molar-refractivity contribution in [2.24, 2.45) is 0 Å². The molecule has 1 saturated heterocycles. The molecule has 0 radical (unpaired) electrons. The van der Waals surface area contributed by atoms with Crippen LogP contribution in [0, 0.1) is 6.92 Å². The number of H-pyrrole nitrogens is 1. The highest BCUT2D eigenvalue weighted by atomic mass is 31.2. The summed E-state index contributed by atoms with van der Waals surface area (Å²) in [6.07, 6.45) is 10.2. The molecule has 0 saturated carbocycles. The summed E-state index contributed by atoms with van der Waals surface area (Å²) in [6, 6.07) is 25.5. The van der Waals surface area contributed by atoms with Crippen molar-refractivity contribution in [3.05, 3.63) is 166 Å². The molecule has 6 aromatic rings. The molecule has 0 amide bonds. The average molecular weight is 709 g/mol. The van der Waals surface area contributed by atoms with Gasteiger partial charge in [0.15, 0.2) is 0 Å². The Morgan fingerprint density at radius 2 is 1.41 bits per heavy atom. The first-order valence-electron chi connectivity index (χ1n) is 16.3. The molecule has 3 aromatic carbocycles. The highest BCUT2D eigenvalue weighted by Gasteiger charge is 2.46. The van der Waals surface area contributed by atoms with Crippen LogP contribution >= 0.6 is 8.45 Å². The van der Waals surface area contributed by atoms with E-state index >= 15 is 0 Å². The van der Waals surface area contributed by atoms with Crippen LogP contribution in [0.15, 0.2) is 132 Å². The van der Waals surface area contributed by atoms with Crippen molar-refractivity contribution in [3.8, 4) is 11.5 Å². The molecule has 1 N–H and O–H groups in total. The zero-order chi connectivity index (χ0) is 35.4. The van der Waals surface area contributed by atoms with Crippen LogP contribution < -0.4 is 20.7 Å². The van der Waals surface area contributed by atoms with Gasteiger partial charge in [-0.1, -0.05) is 54.6 Å². The fourth-order valence-electron chi connectivity index (χ4n) is 6.30. The van der Waals surface area contributed by atoms with Gasteiger partial charge in [-0.2, -0.15) is 0 Å². The van der Waals surface area contributed by atoms with Crippen molar-refractivity contribution in [3.63, 3.8) is 0 Å². The number of nitrogens with zero attached hydrogens (tertiary/aromatic N) is 5. The van der Waals surface area contributed by atoms with Crippen molar-refractivity contribution in [2.45, 2.75) is 37.4 Å². The number of methoxy groups -OCH3 is 2. The smallest absolute Gasteiger partial charge is 0.330 e. The van der Waals surface area contributed by atoms with Gasteiger partial charge in [0.25, 0.3) is 14.0 Å². The van der Waals surface area contributed by atoms with Gasteiger partial charge in [0.1, 0.15) is 42.1 Å². The van der Waals surface area contributed by atoms with E-state index in [2.05, 4.69) is 15.0 Å². The van der Waals surface area contributed by atoms with E-state index < -0.39 is 43.7 Å². The zero-order valence-corrected chi connectivity index (χ0v) is 29.1. The van der Waals surface area contributed by atoms with Crippen molar-refractivity contribution in [1.29, 1.82) is 0 Å². The zero-order valence-electron chi connectivity index (χ0n) is 28.2. The number of aromatic nitrogens is 6. The number of benzene rings is 3. The maximum absolute atomic E-state index is 13.2. The molecule has 3 atom stereocenters. The van der Waals surface area contributed by atoms with Gasteiger partial charge in [0.05, 0.1) is 26.9 Å². The lowest BCUT2D eigenvalue weighted by Crippen LogP contribution is -2.41. The molecule has 0 bridgehead atoms. The van der Waals surface area contributed by atoms with Gasteiger partial charge in [0.2, 0.25) is 0 Å². The molecule has 1 aliphatic heterocycles. The first-order valence-corrected chi connectivity index (χ1v) is 17.5. The van der Waals surface area contributed by atoms with Gasteiger partial charge in [0, 0.05) is 43.0 Å². The SMILES string of the molecule is COc1ccc(C(O[C@H]2C[C@H](n3cc(C)c(=O)[nH]c3=O)O[C@@H]2COP(n2ccnc2)n2ccnc2)(c2ccccc2)c2ccc(OC)cc2)cc1. The molecule has 51 heavy (non-hydrogen) atoms. The number of imidazole rings is 2. The van der Waals surface area contributed by atoms with E-state index in [-0.39, 0.29) is 13.0 Å². The van der Waals surface area contributed by atoms with E-state index in [9.17, 15) is 9.59 Å². The van der Waals surface area contributed by atoms with E-state index in [1.807, 2.05) is 99.9 Å². The Kier molecular flexibility index (Phi) is 9.96. The van der Waals surface area contributed by atoms with Crippen molar-refractivity contribution >= 4 is 8.45 Å². The van der Waals surface area contributed by atoms with Crippen LogP contribution in [0.4, 0.5) is 0 Å². The standard InChI is InChI=1S/C37H37N6O7P/c1-26-22-43(36(45)40-35(26)44)34-21-32(33(49-34)23-48-51(41-19-17-38-24-41)42-20-18-39-25-42)50-37(27-7-5-4-6-8-27,28-9-13-30(46-2)14-10-28)29-11-15-31(47-3)16-12-29/h4-20,22,24-25,32-34H,21,23H2,1-3H3,(H,40,44,45)/t32-,33+,34+/m0/s1. The molecule has 0 spiro atoms. The first kappa shape index (κ1) is 34.1. The minimum atomic E-state index is -1.44. The highest BCUT2D eigenvalue weighted by molar-refractivity contribution is 7.49. The number of rotatable bonds is 13. The van der Waals surface area contributed by atoms with E-state index in [1.54, 1.807) is 46.2 Å². The lowest BCUT2D eigenvalue weighted by molar-refractivity contribution is -0.0959. The van der Waals surface area contributed by atoms with E-state index in [1.165, 1.54) is 10.8 Å². The second kappa shape index (κ2) is 14.9. The number of aromatic amines is 1. The Morgan fingerprint density at radius 1 is 0.843 bits per heavy atom. The lowest BCUT2D eigenvalue weighted by atomic mass is 9.79. The highest BCUT2D eigenvalue weighted by Crippen LogP contribution is 2.47. The molecular weight excluding hydrogens is 671 g/mol. The third kappa shape index (κ3) is 6.89. The third-order valence-electron chi connectivity index (χ3n) is 8.87. The summed E-state index contributed by atoms with van der Waals surface area (Å²) >= 11 is 0. The van der Waals surface area contributed by atoms with Crippen LogP contribution in [0.1, 0.15) is 34.9 Å². The molecule has 3 aromatic heterocycles. The summed E-state index contributed by atoms with van der Waals surface area (Å²) in [5, 5.41) is 0. The molecule has 7 rings (SSSR count). The van der Waals surface area contributed by atoms with Crippen molar-refractivity contribution < 1.29 is 23.5 Å². The number of ether oxygens (including phenoxy) is 4. The molecule has 0 unspecified atom stereocenters. The third-order valence-corrected chi connectivity index (χ3v) is 10.5. The minimum Gasteiger partial charge on any atom is -0.497 e. The quantitative estimate of drug-likeness (QED) is 0.126. The Bertz CT molecular complexity index is 2060. The van der Waals surface area contributed by atoms with E-state index in [4.69, 9.17) is 23.5 Å². The van der Waals surface area contributed by atoms with Crippen LogP contribution in [-0.2, 0) is 19.6 Å². The van der Waals surface area contributed by atoms with Gasteiger partial charge >= 0.3 is 5.69 Å². The first-order chi connectivity index (χ1) is 24.9. The second-order valence-electron chi connectivity index (χ2n) is 11.9. The summed E-state index contributed by atoms with van der Waals surface area (Å²) < 4.78 is 36.9. The van der Waals surface area contributed by atoms with Gasteiger partial charge < -0.3 is 23.5 Å². The number of hydrogen-bond acceptors (Lipinski definition) is 9. The summed E-state index contributed by atoms with van der Waals surface area (Å²) in [4.78, 5) is 36.3. The van der Waals surface area contributed by atoms with Gasteiger partial charge in [-0.25, -0.2) is 14.8 Å². The molecule has 4 heterocycles. The maximum Gasteiger partial charge on any atom is 0.330 e. The van der Waals surface area contributed by atoms with Gasteiger partial charge in [-0.05, 0) is 47.9 Å². The van der Waals surface area contributed by atoms with Gasteiger partial charge in [-0.15, -0.1) is 0 Å². The molecule has 1 aliphatic rings. The predicted molar refractivity (Wildman–Crippen MR) is 190 cm³/mol. The molecule has 14 heteroatoms. The second-order valence-corrected chi connectivity index (χ2v) is 13.6. The Labute approximate surface area is 295 Å². The average Bonchev–Trinajstić information content (AvgIpc) is 3.97. The van der Waals surface area contributed by atoms with Gasteiger partial charge in [-0.3, -0.25) is 23.0 Å². The summed E-state index contributed by atoms with van der Waals surface area (Å²) in [5.41, 5.74) is 0.767. The van der Waals surface area contributed by atoms with Crippen molar-refractivity contribution in [2.75, 3.05) is 20.8 Å². The monoisotopic (exact) mass is 708 g/mol. The fourth-order valence-corrected chi connectivity index (χ4v) is 7.73. The molecule has 0 aliphatic carbocycles. The predicted octanol–water partition coefficient (Wildman–Crippen LogP) is 5.26. The Morgan fingerprint density at radius 3 is 1.94 bits per heavy atom. The van der Waals surface area contributed by atoms with Crippen molar-refractivity contribution in [1.82, 2.24) is 28.2 Å².